The predicted molar refractivity (Wildman–Crippen MR) is 128 cm³/mol. The van der Waals surface area contributed by atoms with Crippen molar-refractivity contribution in [2.24, 2.45) is 0 Å². The zero-order chi connectivity index (χ0) is 22.5. The van der Waals surface area contributed by atoms with Crippen LogP contribution < -0.4 is 10.1 Å². The lowest BCUT2D eigenvalue weighted by Gasteiger charge is -2.35. The number of nitrogens with zero attached hydrogens (tertiary/aromatic N) is 3. The van der Waals surface area contributed by atoms with Gasteiger partial charge in [0, 0.05) is 48.5 Å². The van der Waals surface area contributed by atoms with Crippen molar-refractivity contribution < 1.29 is 9.47 Å². The Bertz CT molecular complexity index is 1010. The zero-order valence-electron chi connectivity index (χ0n) is 19.0. The number of nitrogens with one attached hydrogen (secondary N) is 1. The molecule has 1 aromatic heterocycles. The second-order valence-corrected chi connectivity index (χ2v) is 8.54. The number of aryl methyl sites for hydroxylation is 1. The Morgan fingerprint density at radius 3 is 2.41 bits per heavy atom. The number of hydrogen-bond acceptors (Lipinski definition) is 5. The molecule has 0 bridgehead atoms. The summed E-state index contributed by atoms with van der Waals surface area (Å²) in [7, 11) is 1.70. The first-order valence-electron chi connectivity index (χ1n) is 11.0. The lowest BCUT2D eigenvalue weighted by atomic mass is 10.0. The molecule has 1 fully saturated rings. The number of hydrogen-bond donors (Lipinski definition) is 1. The van der Waals surface area contributed by atoms with E-state index in [1.165, 1.54) is 11.1 Å². The van der Waals surface area contributed by atoms with E-state index in [-0.39, 0.29) is 6.04 Å². The third-order valence-corrected chi connectivity index (χ3v) is 6.39. The SMILES string of the molecule is COc1ccc(C(CNCc2c(C)nn(-c3ccc(Cl)cc3)c2C)N2CCOCC2)cc1. The fraction of sp³-hybridized carbons (Fsp3) is 0.400. The van der Waals surface area contributed by atoms with Gasteiger partial charge in [-0.1, -0.05) is 23.7 Å². The van der Waals surface area contributed by atoms with Crippen molar-refractivity contribution in [3.05, 3.63) is 76.1 Å². The molecule has 0 radical (unpaired) electrons. The van der Waals surface area contributed by atoms with Crippen molar-refractivity contribution in [3.8, 4) is 11.4 Å². The average Bonchev–Trinajstić information content (AvgIpc) is 3.11. The van der Waals surface area contributed by atoms with Crippen LogP contribution in [0.2, 0.25) is 5.02 Å². The molecule has 3 aromatic rings. The molecule has 2 heterocycles. The summed E-state index contributed by atoms with van der Waals surface area (Å²) in [6.07, 6.45) is 0. The van der Waals surface area contributed by atoms with Gasteiger partial charge < -0.3 is 14.8 Å². The second kappa shape index (κ2) is 10.5. The van der Waals surface area contributed by atoms with Crippen LogP contribution in [0.1, 0.15) is 28.6 Å². The van der Waals surface area contributed by atoms with Crippen LogP contribution in [0.5, 0.6) is 5.75 Å². The van der Waals surface area contributed by atoms with Crippen LogP contribution >= 0.6 is 11.6 Å². The van der Waals surface area contributed by atoms with E-state index < -0.39 is 0 Å². The predicted octanol–water partition coefficient (Wildman–Crippen LogP) is 4.31. The van der Waals surface area contributed by atoms with Crippen molar-refractivity contribution in [2.75, 3.05) is 40.0 Å². The van der Waals surface area contributed by atoms with Gasteiger partial charge in [0.15, 0.2) is 0 Å². The molecule has 1 unspecified atom stereocenters. The lowest BCUT2D eigenvalue weighted by molar-refractivity contribution is 0.0161. The molecular weight excluding hydrogens is 424 g/mol. The van der Waals surface area contributed by atoms with Gasteiger partial charge in [-0.2, -0.15) is 5.10 Å². The Morgan fingerprint density at radius 1 is 1.06 bits per heavy atom. The van der Waals surface area contributed by atoms with E-state index in [1.807, 2.05) is 41.1 Å². The van der Waals surface area contributed by atoms with Crippen LogP contribution in [0.25, 0.3) is 5.69 Å². The number of rotatable bonds is 8. The summed E-state index contributed by atoms with van der Waals surface area (Å²) >= 11 is 6.05. The van der Waals surface area contributed by atoms with E-state index >= 15 is 0 Å². The molecular formula is C25H31ClN4O2. The van der Waals surface area contributed by atoms with Crippen LogP contribution in [0.4, 0.5) is 0 Å². The Balaban J connectivity index is 1.48. The first-order valence-corrected chi connectivity index (χ1v) is 11.4. The largest absolute Gasteiger partial charge is 0.497 e. The van der Waals surface area contributed by atoms with Gasteiger partial charge in [-0.25, -0.2) is 4.68 Å². The van der Waals surface area contributed by atoms with Gasteiger partial charge in [-0.15, -0.1) is 0 Å². The fourth-order valence-corrected chi connectivity index (χ4v) is 4.40. The minimum atomic E-state index is 0.275. The van der Waals surface area contributed by atoms with E-state index in [2.05, 4.69) is 36.2 Å². The van der Waals surface area contributed by atoms with Gasteiger partial charge in [0.25, 0.3) is 0 Å². The summed E-state index contributed by atoms with van der Waals surface area (Å²) in [5.41, 5.74) is 5.72. The first-order chi connectivity index (χ1) is 15.6. The van der Waals surface area contributed by atoms with E-state index in [0.717, 1.165) is 67.2 Å². The van der Waals surface area contributed by atoms with E-state index in [9.17, 15) is 0 Å². The molecule has 1 atom stereocenters. The third kappa shape index (κ3) is 5.15. The summed E-state index contributed by atoms with van der Waals surface area (Å²) < 4.78 is 12.9. The molecule has 0 amide bonds. The number of methoxy groups -OCH3 is 1. The second-order valence-electron chi connectivity index (χ2n) is 8.11. The minimum Gasteiger partial charge on any atom is -0.497 e. The number of halogens is 1. The zero-order valence-corrected chi connectivity index (χ0v) is 19.7. The molecule has 1 aliphatic rings. The van der Waals surface area contributed by atoms with Crippen LogP contribution in [0.15, 0.2) is 48.5 Å². The van der Waals surface area contributed by atoms with Gasteiger partial charge in [-0.05, 0) is 55.8 Å². The molecule has 6 nitrogen and oxygen atoms in total. The highest BCUT2D eigenvalue weighted by molar-refractivity contribution is 6.30. The van der Waals surface area contributed by atoms with Crippen LogP contribution in [0.3, 0.4) is 0 Å². The monoisotopic (exact) mass is 454 g/mol. The maximum atomic E-state index is 6.05. The molecule has 2 aromatic carbocycles. The van der Waals surface area contributed by atoms with Gasteiger partial charge in [0.1, 0.15) is 5.75 Å². The third-order valence-electron chi connectivity index (χ3n) is 6.14. The molecule has 1 N–H and O–H groups in total. The molecule has 4 rings (SSSR count). The van der Waals surface area contributed by atoms with E-state index in [4.69, 9.17) is 26.2 Å². The van der Waals surface area contributed by atoms with Crippen molar-refractivity contribution >= 4 is 11.6 Å². The average molecular weight is 455 g/mol. The van der Waals surface area contributed by atoms with Crippen molar-refractivity contribution in [1.82, 2.24) is 20.0 Å². The Kier molecular flexibility index (Phi) is 7.48. The molecule has 1 aliphatic heterocycles. The van der Waals surface area contributed by atoms with Gasteiger partial charge in [-0.3, -0.25) is 4.90 Å². The fourth-order valence-electron chi connectivity index (χ4n) is 4.27. The number of ether oxygens (including phenoxy) is 2. The molecule has 0 aliphatic carbocycles. The normalized spacial score (nSPS) is 15.6. The smallest absolute Gasteiger partial charge is 0.118 e. The molecule has 0 saturated carbocycles. The van der Waals surface area contributed by atoms with Gasteiger partial charge >= 0.3 is 0 Å². The van der Waals surface area contributed by atoms with E-state index in [0.29, 0.717) is 0 Å². The first kappa shape index (κ1) is 22.8. The van der Waals surface area contributed by atoms with Crippen LogP contribution in [-0.4, -0.2) is 54.6 Å². The van der Waals surface area contributed by atoms with E-state index in [1.54, 1.807) is 7.11 Å². The maximum Gasteiger partial charge on any atom is 0.118 e. The van der Waals surface area contributed by atoms with Gasteiger partial charge in [0.05, 0.1) is 31.7 Å². The highest BCUT2D eigenvalue weighted by Crippen LogP contribution is 2.24. The molecule has 170 valence electrons. The standard InChI is InChI=1S/C25H31ClN4O2/c1-18-24(19(2)30(28-18)22-8-6-21(26)7-9-22)16-27-17-25(29-12-14-32-15-13-29)20-4-10-23(31-3)11-5-20/h4-11,25,27H,12-17H2,1-3H3. The number of benzene rings is 2. The Labute approximate surface area is 195 Å². The van der Waals surface area contributed by atoms with Crippen molar-refractivity contribution in [1.29, 1.82) is 0 Å². The topological polar surface area (TPSA) is 51.5 Å². The molecule has 7 heteroatoms. The summed E-state index contributed by atoms with van der Waals surface area (Å²) in [6, 6.07) is 16.5. The maximum absolute atomic E-state index is 6.05. The Hall–Kier alpha value is -2.38. The molecule has 32 heavy (non-hydrogen) atoms. The molecule has 0 spiro atoms. The summed E-state index contributed by atoms with van der Waals surface area (Å²) in [4.78, 5) is 2.50. The minimum absolute atomic E-state index is 0.275. The highest BCUT2D eigenvalue weighted by atomic mass is 35.5. The Morgan fingerprint density at radius 2 is 1.75 bits per heavy atom. The lowest BCUT2D eigenvalue weighted by Crippen LogP contribution is -2.42. The number of aromatic nitrogens is 2. The highest BCUT2D eigenvalue weighted by Gasteiger charge is 2.23. The van der Waals surface area contributed by atoms with Crippen LogP contribution in [-0.2, 0) is 11.3 Å². The summed E-state index contributed by atoms with van der Waals surface area (Å²) in [5.74, 6) is 0.878. The van der Waals surface area contributed by atoms with Gasteiger partial charge in [0.2, 0.25) is 0 Å². The molecule has 1 saturated heterocycles. The number of morpholine rings is 1. The summed E-state index contributed by atoms with van der Waals surface area (Å²) in [5, 5.41) is 9.19. The quantitative estimate of drug-likeness (QED) is 0.549. The van der Waals surface area contributed by atoms with Crippen molar-refractivity contribution in [2.45, 2.75) is 26.4 Å². The summed E-state index contributed by atoms with van der Waals surface area (Å²) in [6.45, 7) is 9.22. The van der Waals surface area contributed by atoms with Crippen molar-refractivity contribution in [3.63, 3.8) is 0 Å². The van der Waals surface area contributed by atoms with Crippen LogP contribution in [0, 0.1) is 13.8 Å².